The van der Waals surface area contributed by atoms with E-state index in [2.05, 4.69) is 41.5 Å². The van der Waals surface area contributed by atoms with Crippen molar-refractivity contribution in [3.63, 3.8) is 0 Å². The molecule has 11 heteroatoms. The van der Waals surface area contributed by atoms with Crippen molar-refractivity contribution in [2.24, 2.45) is 7.05 Å². The second-order valence-electron chi connectivity index (χ2n) is 9.13. The van der Waals surface area contributed by atoms with Crippen LogP contribution in [0.5, 0.6) is 5.88 Å². The molecule has 0 aliphatic heterocycles. The van der Waals surface area contributed by atoms with Gasteiger partial charge in [0.15, 0.2) is 5.88 Å². The third-order valence-electron chi connectivity index (χ3n) is 6.08. The van der Waals surface area contributed by atoms with Crippen LogP contribution in [0.25, 0.3) is 0 Å². The number of nitrogens with zero attached hydrogens (tertiary/aromatic N) is 2. The van der Waals surface area contributed by atoms with Crippen molar-refractivity contribution in [3.05, 3.63) is 62.3 Å². The van der Waals surface area contributed by atoms with Gasteiger partial charge in [-0.1, -0.05) is 71.9 Å². The molecule has 33 heavy (non-hydrogen) atoms. The van der Waals surface area contributed by atoms with Gasteiger partial charge in [-0.05, 0) is 22.2 Å². The van der Waals surface area contributed by atoms with Gasteiger partial charge in [0.25, 0.3) is 13.9 Å². The average Bonchev–Trinajstić information content (AvgIpc) is 2.68. The van der Waals surface area contributed by atoms with Crippen LogP contribution in [0.2, 0.25) is 16.6 Å². The summed E-state index contributed by atoms with van der Waals surface area (Å²) >= 11 is 0. The van der Waals surface area contributed by atoms with Crippen LogP contribution >= 0.6 is 0 Å². The number of benzene rings is 1. The molecule has 0 fully saturated rings. The average molecular weight is 505 g/mol. The van der Waals surface area contributed by atoms with Crippen molar-refractivity contribution in [2.75, 3.05) is 0 Å². The van der Waals surface area contributed by atoms with Gasteiger partial charge in [0.1, 0.15) is 16.0 Å². The minimum absolute atomic E-state index is 0. The summed E-state index contributed by atoms with van der Waals surface area (Å²) < 4.78 is 42.5. The van der Waals surface area contributed by atoms with Gasteiger partial charge in [0.05, 0.1) is 5.56 Å². The van der Waals surface area contributed by atoms with E-state index in [1.54, 1.807) is 0 Å². The molecule has 0 aliphatic rings. The molecule has 0 spiro atoms. The zero-order valence-corrected chi connectivity index (χ0v) is 24.6. The van der Waals surface area contributed by atoms with E-state index in [9.17, 15) is 22.6 Å². The standard InChI is InChI=1S/C22H34N2O6SSi.Na/c1-15(2)32(16(3)4,17(5)6)30-21-19(13-18-11-9-8-10-12-18)20(25)24(14-31(27,28)29)22(26)23(21)7;/h8-12,15-17H,13-14H2,1-7H3,(H,27,28,29);/q;+1/p-1. The summed E-state index contributed by atoms with van der Waals surface area (Å²) in [5.74, 6) is -1.06. The van der Waals surface area contributed by atoms with Gasteiger partial charge in [-0.15, -0.1) is 0 Å². The van der Waals surface area contributed by atoms with E-state index in [1.165, 1.54) is 11.6 Å². The molecule has 2 rings (SSSR count). The fourth-order valence-electron chi connectivity index (χ4n) is 4.69. The van der Waals surface area contributed by atoms with Gasteiger partial charge in [-0.3, -0.25) is 9.36 Å². The molecular weight excluding hydrogens is 471 g/mol. The maximum atomic E-state index is 13.3. The van der Waals surface area contributed by atoms with E-state index in [-0.39, 0.29) is 64.0 Å². The minimum Gasteiger partial charge on any atom is -0.747 e. The minimum atomic E-state index is -4.85. The molecule has 1 heterocycles. The van der Waals surface area contributed by atoms with Gasteiger partial charge in [-0.2, -0.15) is 0 Å². The molecule has 0 amide bonds. The molecule has 1 aromatic heterocycles. The summed E-state index contributed by atoms with van der Waals surface area (Å²) in [6.07, 6.45) is 0.140. The van der Waals surface area contributed by atoms with E-state index >= 15 is 0 Å². The Kier molecular flexibility index (Phi) is 10.4. The van der Waals surface area contributed by atoms with E-state index in [0.29, 0.717) is 4.57 Å². The molecule has 0 aliphatic carbocycles. The molecule has 0 bridgehead atoms. The Morgan fingerprint density at radius 1 is 0.970 bits per heavy atom. The molecule has 8 nitrogen and oxygen atoms in total. The first kappa shape index (κ1) is 29.9. The predicted octanol–water partition coefficient (Wildman–Crippen LogP) is 0.199. The van der Waals surface area contributed by atoms with Gasteiger partial charge < -0.3 is 8.98 Å². The molecular formula is C22H33N2NaO6SSi. The van der Waals surface area contributed by atoms with Crippen molar-refractivity contribution >= 4 is 18.4 Å². The third kappa shape index (κ3) is 6.49. The Labute approximate surface area is 219 Å². The van der Waals surface area contributed by atoms with Crippen LogP contribution in [0.15, 0.2) is 39.9 Å². The molecule has 2 aromatic rings. The second-order valence-corrected chi connectivity index (χ2v) is 15.9. The summed E-state index contributed by atoms with van der Waals surface area (Å²) in [7, 11) is -5.95. The van der Waals surface area contributed by atoms with Gasteiger partial charge in [0.2, 0.25) is 0 Å². The second kappa shape index (κ2) is 11.5. The molecule has 0 radical (unpaired) electrons. The zero-order valence-electron chi connectivity index (χ0n) is 20.8. The first-order valence-corrected chi connectivity index (χ1v) is 14.4. The van der Waals surface area contributed by atoms with Crippen LogP contribution < -0.4 is 45.2 Å². The molecule has 178 valence electrons. The van der Waals surface area contributed by atoms with Gasteiger partial charge in [0, 0.05) is 13.5 Å². The van der Waals surface area contributed by atoms with Crippen LogP contribution in [0, 0.1) is 0 Å². The van der Waals surface area contributed by atoms with E-state index < -0.39 is 35.6 Å². The summed E-state index contributed by atoms with van der Waals surface area (Å²) in [4.78, 5) is 26.3. The molecule has 0 saturated heterocycles. The number of aromatic nitrogens is 2. The molecule has 0 unspecified atom stereocenters. The monoisotopic (exact) mass is 504 g/mol. The number of hydrogen-bond acceptors (Lipinski definition) is 6. The normalized spacial score (nSPS) is 12.3. The van der Waals surface area contributed by atoms with Crippen LogP contribution in [-0.2, 0) is 29.5 Å². The number of rotatable bonds is 9. The van der Waals surface area contributed by atoms with Gasteiger partial charge >= 0.3 is 35.2 Å². The summed E-state index contributed by atoms with van der Waals surface area (Å²) in [5, 5.41) is 0. The number of hydrogen-bond donors (Lipinski definition) is 0. The Morgan fingerprint density at radius 3 is 1.88 bits per heavy atom. The maximum absolute atomic E-state index is 13.3. The molecule has 0 atom stereocenters. The van der Waals surface area contributed by atoms with Crippen molar-refractivity contribution in [2.45, 2.75) is 70.5 Å². The first-order chi connectivity index (χ1) is 14.7. The van der Waals surface area contributed by atoms with E-state index in [1.807, 2.05) is 30.3 Å². The zero-order chi connectivity index (χ0) is 24.4. The van der Waals surface area contributed by atoms with Crippen LogP contribution in [0.1, 0.15) is 52.7 Å². The van der Waals surface area contributed by atoms with Crippen LogP contribution in [0.4, 0.5) is 0 Å². The maximum Gasteiger partial charge on any atom is 1.00 e. The fraction of sp³-hybridized carbons (Fsp3) is 0.545. The van der Waals surface area contributed by atoms with E-state index in [4.69, 9.17) is 4.43 Å². The smallest absolute Gasteiger partial charge is 0.747 e. The Morgan fingerprint density at radius 2 is 1.45 bits per heavy atom. The largest absolute Gasteiger partial charge is 1.00 e. The van der Waals surface area contributed by atoms with Crippen LogP contribution in [-0.4, -0.2) is 30.4 Å². The van der Waals surface area contributed by atoms with Crippen molar-refractivity contribution in [1.29, 1.82) is 0 Å². The van der Waals surface area contributed by atoms with Crippen molar-refractivity contribution in [1.82, 2.24) is 9.13 Å². The predicted molar refractivity (Wildman–Crippen MR) is 127 cm³/mol. The Hall–Kier alpha value is -1.17. The summed E-state index contributed by atoms with van der Waals surface area (Å²) in [6.45, 7) is 12.5. The first-order valence-electron chi connectivity index (χ1n) is 10.7. The SMILES string of the molecule is CC(C)[Si](Oc1c(Cc2ccccc2)c(=O)n(CS(=O)(=O)[O-])c(=O)n1C)(C(C)C)C(C)C.[Na+]. The quantitative estimate of drug-likeness (QED) is 0.356. The van der Waals surface area contributed by atoms with Crippen molar-refractivity contribution < 1.29 is 47.0 Å². The topological polar surface area (TPSA) is 110 Å². The summed E-state index contributed by atoms with van der Waals surface area (Å²) in [6, 6.07) is 9.17. The third-order valence-corrected chi connectivity index (χ3v) is 12.6. The van der Waals surface area contributed by atoms with E-state index in [0.717, 1.165) is 5.56 Å². The molecule has 1 aromatic carbocycles. The van der Waals surface area contributed by atoms with Crippen molar-refractivity contribution in [3.8, 4) is 5.88 Å². The fourth-order valence-corrected chi connectivity index (χ4v) is 10.5. The Bertz CT molecular complexity index is 1150. The Balaban J connectivity index is 0.00000544. The van der Waals surface area contributed by atoms with Gasteiger partial charge in [-0.25, -0.2) is 17.8 Å². The molecule has 0 saturated carbocycles. The van der Waals surface area contributed by atoms with Crippen LogP contribution in [0.3, 0.4) is 0 Å². The molecule has 0 N–H and O–H groups in total. The summed E-state index contributed by atoms with van der Waals surface area (Å²) in [5.41, 5.74) is -0.174.